The molecule has 2 unspecified atom stereocenters. The number of carbonyl (C=O) groups is 3. The third kappa shape index (κ3) is 5.48. The lowest BCUT2D eigenvalue weighted by atomic mass is 9.94. The second kappa shape index (κ2) is 11.0. The number of carbonyl (C=O) groups excluding carboxylic acids is 3. The second-order valence-corrected chi connectivity index (χ2v) is 8.56. The Hall–Kier alpha value is -2.62. The SMILES string of the molecule is CCOC(=O)C1=C(CN2CCN(C(=O)COC)C(C)C2)N(C)C(=O)NC1c1ccccc1Cl. The number of methoxy groups -OCH3 is 1. The average Bonchev–Trinajstić information content (AvgIpc) is 2.77. The molecule has 3 amide bonds. The van der Waals surface area contributed by atoms with Gasteiger partial charge in [0.25, 0.3) is 0 Å². The molecule has 9 nitrogen and oxygen atoms in total. The topological polar surface area (TPSA) is 91.4 Å². The minimum absolute atomic E-state index is 0.0323. The number of benzene rings is 1. The van der Waals surface area contributed by atoms with Crippen molar-refractivity contribution < 1.29 is 23.9 Å². The van der Waals surface area contributed by atoms with Gasteiger partial charge in [0.15, 0.2) is 0 Å². The number of halogens is 1. The zero-order valence-electron chi connectivity index (χ0n) is 19.5. The van der Waals surface area contributed by atoms with Crippen molar-refractivity contribution in [3.05, 3.63) is 46.1 Å². The first-order chi connectivity index (χ1) is 15.8. The lowest BCUT2D eigenvalue weighted by Crippen LogP contribution is -2.56. The van der Waals surface area contributed by atoms with E-state index in [-0.39, 0.29) is 31.2 Å². The summed E-state index contributed by atoms with van der Waals surface area (Å²) in [5, 5.41) is 3.33. The summed E-state index contributed by atoms with van der Waals surface area (Å²) in [6.07, 6.45) is 0. The maximum atomic E-state index is 13.1. The highest BCUT2D eigenvalue weighted by Crippen LogP contribution is 2.34. The van der Waals surface area contributed by atoms with Gasteiger partial charge < -0.3 is 19.7 Å². The van der Waals surface area contributed by atoms with Crippen molar-refractivity contribution in [2.75, 3.05) is 53.6 Å². The summed E-state index contributed by atoms with van der Waals surface area (Å²) in [5.41, 5.74) is 1.55. The van der Waals surface area contributed by atoms with Crippen LogP contribution in [0, 0.1) is 0 Å². The van der Waals surface area contributed by atoms with Gasteiger partial charge in [0.1, 0.15) is 6.61 Å². The number of likely N-dealkylation sites (N-methyl/N-ethyl adjacent to an activating group) is 1. The van der Waals surface area contributed by atoms with Crippen LogP contribution in [0.2, 0.25) is 5.02 Å². The second-order valence-electron chi connectivity index (χ2n) is 8.15. The lowest BCUT2D eigenvalue weighted by molar-refractivity contribution is -0.139. The van der Waals surface area contributed by atoms with E-state index in [0.717, 1.165) is 0 Å². The summed E-state index contributed by atoms with van der Waals surface area (Å²) in [6, 6.07) is 6.03. The molecule has 1 saturated heterocycles. The fourth-order valence-electron chi connectivity index (χ4n) is 4.31. The van der Waals surface area contributed by atoms with Crippen molar-refractivity contribution in [3.8, 4) is 0 Å². The van der Waals surface area contributed by atoms with Gasteiger partial charge in [-0.2, -0.15) is 0 Å². The molecular formula is C23H31ClN4O5. The van der Waals surface area contributed by atoms with Gasteiger partial charge in [0.2, 0.25) is 5.91 Å². The Morgan fingerprint density at radius 1 is 1.24 bits per heavy atom. The van der Waals surface area contributed by atoms with Gasteiger partial charge in [-0.1, -0.05) is 29.8 Å². The number of piperazine rings is 1. The van der Waals surface area contributed by atoms with Gasteiger partial charge in [0, 0.05) is 57.1 Å². The first-order valence-corrected chi connectivity index (χ1v) is 11.4. The molecule has 33 heavy (non-hydrogen) atoms. The van der Waals surface area contributed by atoms with E-state index in [0.29, 0.717) is 48.0 Å². The largest absolute Gasteiger partial charge is 0.463 e. The first kappa shape index (κ1) is 25.0. The predicted molar refractivity (Wildman–Crippen MR) is 124 cm³/mol. The molecule has 1 aromatic rings. The van der Waals surface area contributed by atoms with Gasteiger partial charge >= 0.3 is 12.0 Å². The molecule has 0 saturated carbocycles. The van der Waals surface area contributed by atoms with Crippen LogP contribution >= 0.6 is 11.6 Å². The van der Waals surface area contributed by atoms with E-state index < -0.39 is 12.0 Å². The molecule has 10 heteroatoms. The van der Waals surface area contributed by atoms with Crippen molar-refractivity contribution >= 4 is 29.5 Å². The van der Waals surface area contributed by atoms with Crippen molar-refractivity contribution in [3.63, 3.8) is 0 Å². The highest BCUT2D eigenvalue weighted by atomic mass is 35.5. The van der Waals surface area contributed by atoms with E-state index >= 15 is 0 Å². The molecule has 180 valence electrons. The molecule has 2 aliphatic heterocycles. The molecule has 0 radical (unpaired) electrons. The summed E-state index contributed by atoms with van der Waals surface area (Å²) in [6.45, 7) is 6.07. The van der Waals surface area contributed by atoms with Crippen LogP contribution in [0.5, 0.6) is 0 Å². The summed E-state index contributed by atoms with van der Waals surface area (Å²) in [7, 11) is 3.13. The third-order valence-corrected chi connectivity index (χ3v) is 6.31. The smallest absolute Gasteiger partial charge is 0.338 e. The van der Waals surface area contributed by atoms with Crippen molar-refractivity contribution in [2.45, 2.75) is 25.9 Å². The van der Waals surface area contributed by atoms with Crippen LogP contribution < -0.4 is 5.32 Å². The number of hydrogen-bond acceptors (Lipinski definition) is 6. The van der Waals surface area contributed by atoms with Gasteiger partial charge in [0.05, 0.1) is 18.2 Å². The molecule has 2 aliphatic rings. The van der Waals surface area contributed by atoms with E-state index in [9.17, 15) is 14.4 Å². The molecule has 1 aromatic carbocycles. The fourth-order valence-corrected chi connectivity index (χ4v) is 4.55. The third-order valence-electron chi connectivity index (χ3n) is 5.96. The van der Waals surface area contributed by atoms with E-state index in [1.54, 1.807) is 37.1 Å². The Morgan fingerprint density at radius 2 is 1.97 bits per heavy atom. The molecular weight excluding hydrogens is 448 g/mol. The van der Waals surface area contributed by atoms with E-state index in [4.69, 9.17) is 21.1 Å². The number of rotatable bonds is 7. The summed E-state index contributed by atoms with van der Waals surface area (Å²) in [5.74, 6) is -0.546. The van der Waals surface area contributed by atoms with Crippen LogP contribution in [0.3, 0.4) is 0 Å². The van der Waals surface area contributed by atoms with Crippen molar-refractivity contribution in [1.29, 1.82) is 0 Å². The van der Waals surface area contributed by atoms with Gasteiger partial charge in [-0.15, -0.1) is 0 Å². The summed E-state index contributed by atoms with van der Waals surface area (Å²) >= 11 is 6.42. The zero-order valence-corrected chi connectivity index (χ0v) is 20.2. The van der Waals surface area contributed by atoms with Crippen molar-refractivity contribution in [2.24, 2.45) is 0 Å². The number of amides is 3. The zero-order chi connectivity index (χ0) is 24.1. The predicted octanol–water partition coefficient (Wildman–Crippen LogP) is 2.03. The number of hydrogen-bond donors (Lipinski definition) is 1. The monoisotopic (exact) mass is 478 g/mol. The fraction of sp³-hybridized carbons (Fsp3) is 0.522. The molecule has 1 N–H and O–H groups in total. The van der Waals surface area contributed by atoms with Gasteiger partial charge in [-0.25, -0.2) is 9.59 Å². The average molecular weight is 479 g/mol. The minimum Gasteiger partial charge on any atom is -0.463 e. The summed E-state index contributed by atoms with van der Waals surface area (Å²) < 4.78 is 10.4. The van der Waals surface area contributed by atoms with Crippen LogP contribution in [0.25, 0.3) is 0 Å². The maximum absolute atomic E-state index is 13.1. The van der Waals surface area contributed by atoms with E-state index in [2.05, 4.69) is 10.2 Å². The number of ether oxygens (including phenoxy) is 2. The lowest BCUT2D eigenvalue weighted by Gasteiger charge is -2.42. The Morgan fingerprint density at radius 3 is 2.61 bits per heavy atom. The normalized spacial score (nSPS) is 21.8. The molecule has 2 atom stereocenters. The Bertz CT molecular complexity index is 937. The molecule has 2 heterocycles. The maximum Gasteiger partial charge on any atom is 0.338 e. The standard InChI is InChI=1S/C23H31ClN4O5/c1-5-33-22(30)20-18(13-27-10-11-28(15(2)12-27)19(29)14-32-4)26(3)23(31)25-21(20)16-8-6-7-9-17(16)24/h6-9,15,21H,5,10-14H2,1-4H3,(H,25,31). The minimum atomic E-state index is -0.724. The van der Waals surface area contributed by atoms with Crippen LogP contribution in [-0.2, 0) is 19.1 Å². The van der Waals surface area contributed by atoms with Crippen molar-refractivity contribution in [1.82, 2.24) is 20.0 Å². The Balaban J connectivity index is 1.94. The molecule has 0 spiro atoms. The number of urea groups is 1. The molecule has 0 bridgehead atoms. The first-order valence-electron chi connectivity index (χ1n) is 11.0. The molecule has 0 aliphatic carbocycles. The molecule has 0 aromatic heterocycles. The van der Waals surface area contributed by atoms with Gasteiger partial charge in [-0.3, -0.25) is 14.6 Å². The van der Waals surface area contributed by atoms with E-state index in [1.807, 2.05) is 13.0 Å². The number of esters is 1. The Kier molecular flexibility index (Phi) is 8.34. The van der Waals surface area contributed by atoms with Crippen LogP contribution in [0.15, 0.2) is 35.5 Å². The van der Waals surface area contributed by atoms with Gasteiger partial charge in [-0.05, 0) is 25.5 Å². The number of nitrogens with zero attached hydrogens (tertiary/aromatic N) is 3. The molecule has 3 rings (SSSR count). The highest BCUT2D eigenvalue weighted by Gasteiger charge is 2.39. The number of nitrogens with one attached hydrogen (secondary N) is 1. The van der Waals surface area contributed by atoms with Crippen LogP contribution in [0.1, 0.15) is 25.5 Å². The quantitative estimate of drug-likeness (QED) is 0.603. The summed E-state index contributed by atoms with van der Waals surface area (Å²) in [4.78, 5) is 43.6. The highest BCUT2D eigenvalue weighted by molar-refractivity contribution is 6.31. The van der Waals surface area contributed by atoms with Crippen LogP contribution in [-0.4, -0.2) is 92.2 Å². The molecule has 1 fully saturated rings. The Labute approximate surface area is 199 Å². The van der Waals surface area contributed by atoms with E-state index in [1.165, 1.54) is 12.0 Å². The van der Waals surface area contributed by atoms with Crippen LogP contribution in [0.4, 0.5) is 4.79 Å².